The van der Waals surface area contributed by atoms with Crippen LogP contribution in [0.2, 0.25) is 0 Å². The molecule has 0 N–H and O–H groups in total. The highest BCUT2D eigenvalue weighted by Crippen LogP contribution is 2.19. The van der Waals surface area contributed by atoms with Crippen molar-refractivity contribution in [3.05, 3.63) is 84.3 Å². The van der Waals surface area contributed by atoms with Crippen LogP contribution in [-0.2, 0) is 6.42 Å². The molecule has 0 saturated heterocycles. The Bertz CT molecular complexity index is 600. The molecule has 1 aliphatic rings. The first kappa shape index (κ1) is 12.7. The van der Waals surface area contributed by atoms with Gasteiger partial charge < -0.3 is 4.90 Å². The molecule has 1 aromatic heterocycles. The Kier molecular flexibility index (Phi) is 3.93. The Balaban J connectivity index is 1.67. The molecular weight excluding hydrogens is 244 g/mol. The Hall–Kier alpha value is -2.35. The van der Waals surface area contributed by atoms with E-state index < -0.39 is 0 Å². The van der Waals surface area contributed by atoms with Gasteiger partial charge in [0.2, 0.25) is 0 Å². The van der Waals surface area contributed by atoms with Gasteiger partial charge in [-0.3, -0.25) is 4.98 Å². The van der Waals surface area contributed by atoms with E-state index in [4.69, 9.17) is 0 Å². The van der Waals surface area contributed by atoms with E-state index in [2.05, 4.69) is 64.6 Å². The van der Waals surface area contributed by atoms with Crippen molar-refractivity contribution in [1.82, 2.24) is 9.88 Å². The third-order valence-electron chi connectivity index (χ3n) is 3.48. The van der Waals surface area contributed by atoms with Gasteiger partial charge in [-0.05, 0) is 29.2 Å². The zero-order valence-corrected chi connectivity index (χ0v) is 11.4. The summed E-state index contributed by atoms with van der Waals surface area (Å²) >= 11 is 0. The van der Waals surface area contributed by atoms with Gasteiger partial charge >= 0.3 is 0 Å². The molecule has 0 spiro atoms. The molecule has 2 heterocycles. The van der Waals surface area contributed by atoms with E-state index in [1.807, 2.05) is 18.5 Å². The van der Waals surface area contributed by atoms with Crippen molar-refractivity contribution in [1.29, 1.82) is 0 Å². The number of pyridine rings is 1. The molecule has 0 saturated carbocycles. The maximum Gasteiger partial charge on any atom is 0.0357 e. The molecule has 0 bridgehead atoms. The lowest BCUT2D eigenvalue weighted by Crippen LogP contribution is -2.22. The Labute approximate surface area is 120 Å². The summed E-state index contributed by atoms with van der Waals surface area (Å²) in [6.45, 7) is 2.00. The summed E-state index contributed by atoms with van der Waals surface area (Å²) in [4.78, 5) is 6.52. The predicted octanol–water partition coefficient (Wildman–Crippen LogP) is 3.54. The number of nitrogens with zero attached hydrogens (tertiary/aromatic N) is 2. The molecule has 20 heavy (non-hydrogen) atoms. The molecule has 100 valence electrons. The third kappa shape index (κ3) is 3.15. The van der Waals surface area contributed by atoms with Crippen LogP contribution in [0, 0.1) is 0 Å². The average molecular weight is 262 g/mol. The minimum Gasteiger partial charge on any atom is -0.373 e. The molecular formula is C18H18N2. The first-order valence-electron chi connectivity index (χ1n) is 6.98. The Morgan fingerprint density at radius 1 is 1.05 bits per heavy atom. The minimum absolute atomic E-state index is 0.983. The van der Waals surface area contributed by atoms with E-state index >= 15 is 0 Å². The Morgan fingerprint density at radius 2 is 1.95 bits per heavy atom. The maximum atomic E-state index is 4.16. The summed E-state index contributed by atoms with van der Waals surface area (Å²) in [5.74, 6) is 0. The van der Waals surface area contributed by atoms with Gasteiger partial charge in [0.15, 0.2) is 0 Å². The standard InChI is InChI=1S/C18H18N2/c1-2-7-17(8-3-1)18-9-5-12-20(15-18)13-10-16-6-4-11-19-14-16/h1-9,11,14-15H,10,12-13H2. The zero-order valence-electron chi connectivity index (χ0n) is 11.4. The van der Waals surface area contributed by atoms with Crippen LogP contribution in [0.25, 0.3) is 5.57 Å². The lowest BCUT2D eigenvalue weighted by atomic mass is 10.0. The summed E-state index contributed by atoms with van der Waals surface area (Å²) in [5.41, 5.74) is 3.84. The lowest BCUT2D eigenvalue weighted by molar-refractivity contribution is 0.418. The highest BCUT2D eigenvalue weighted by Gasteiger charge is 2.07. The predicted molar refractivity (Wildman–Crippen MR) is 83.1 cm³/mol. The van der Waals surface area contributed by atoms with Crippen LogP contribution in [0.4, 0.5) is 0 Å². The molecule has 1 aromatic carbocycles. The first-order valence-corrected chi connectivity index (χ1v) is 6.98. The second-order valence-electron chi connectivity index (χ2n) is 4.96. The van der Waals surface area contributed by atoms with Crippen LogP contribution < -0.4 is 0 Å². The first-order chi connectivity index (χ1) is 9.92. The lowest BCUT2D eigenvalue weighted by Gasteiger charge is -2.23. The van der Waals surface area contributed by atoms with Gasteiger partial charge in [-0.15, -0.1) is 0 Å². The second-order valence-corrected chi connectivity index (χ2v) is 4.96. The summed E-state index contributed by atoms with van der Waals surface area (Å²) in [5, 5.41) is 0. The molecule has 0 radical (unpaired) electrons. The van der Waals surface area contributed by atoms with E-state index in [9.17, 15) is 0 Å². The zero-order chi connectivity index (χ0) is 13.6. The van der Waals surface area contributed by atoms with E-state index in [0.29, 0.717) is 0 Å². The Morgan fingerprint density at radius 3 is 2.75 bits per heavy atom. The molecule has 0 amide bonds. The molecule has 2 heteroatoms. The molecule has 3 rings (SSSR count). The molecule has 0 fully saturated rings. The van der Waals surface area contributed by atoms with Gasteiger partial charge in [-0.25, -0.2) is 0 Å². The van der Waals surface area contributed by atoms with Crippen molar-refractivity contribution in [2.24, 2.45) is 0 Å². The quantitative estimate of drug-likeness (QED) is 0.838. The maximum absolute atomic E-state index is 4.16. The van der Waals surface area contributed by atoms with Gasteiger partial charge in [0, 0.05) is 31.7 Å². The number of rotatable bonds is 4. The van der Waals surface area contributed by atoms with Crippen molar-refractivity contribution in [3.63, 3.8) is 0 Å². The summed E-state index contributed by atoms with van der Waals surface area (Å²) in [6.07, 6.45) is 11.5. The number of hydrogen-bond donors (Lipinski definition) is 0. The van der Waals surface area contributed by atoms with Crippen LogP contribution in [-0.4, -0.2) is 23.0 Å². The van der Waals surface area contributed by atoms with Crippen LogP contribution in [0.5, 0.6) is 0 Å². The van der Waals surface area contributed by atoms with Crippen molar-refractivity contribution < 1.29 is 0 Å². The monoisotopic (exact) mass is 262 g/mol. The summed E-state index contributed by atoms with van der Waals surface area (Å²) in [6, 6.07) is 14.7. The van der Waals surface area contributed by atoms with Crippen LogP contribution in [0.1, 0.15) is 11.1 Å². The summed E-state index contributed by atoms with van der Waals surface area (Å²) < 4.78 is 0. The fourth-order valence-corrected chi connectivity index (χ4v) is 2.38. The van der Waals surface area contributed by atoms with E-state index in [0.717, 1.165) is 19.5 Å². The normalized spacial score (nSPS) is 14.2. The molecule has 2 nitrogen and oxygen atoms in total. The van der Waals surface area contributed by atoms with Crippen molar-refractivity contribution >= 4 is 5.57 Å². The molecule has 1 aliphatic heterocycles. The van der Waals surface area contributed by atoms with Gasteiger partial charge in [0.1, 0.15) is 0 Å². The van der Waals surface area contributed by atoms with Crippen LogP contribution in [0.15, 0.2) is 73.2 Å². The van der Waals surface area contributed by atoms with Crippen molar-refractivity contribution in [2.45, 2.75) is 6.42 Å². The van der Waals surface area contributed by atoms with Gasteiger partial charge in [0.25, 0.3) is 0 Å². The SMILES string of the molecule is C1=CC(c2ccccc2)=CN(CCc2cccnc2)C1. The third-order valence-corrected chi connectivity index (χ3v) is 3.48. The second kappa shape index (κ2) is 6.20. The van der Waals surface area contributed by atoms with Crippen LogP contribution >= 0.6 is 0 Å². The number of allylic oxidation sites excluding steroid dienone is 2. The minimum atomic E-state index is 0.983. The number of benzene rings is 1. The fraction of sp³-hybridized carbons (Fsp3) is 0.167. The van der Waals surface area contributed by atoms with Gasteiger partial charge in [-0.2, -0.15) is 0 Å². The molecule has 0 atom stereocenters. The van der Waals surface area contributed by atoms with E-state index in [1.54, 1.807) is 0 Å². The van der Waals surface area contributed by atoms with E-state index in [-0.39, 0.29) is 0 Å². The highest BCUT2D eigenvalue weighted by atomic mass is 15.1. The average Bonchev–Trinajstić information content (AvgIpc) is 2.55. The largest absolute Gasteiger partial charge is 0.373 e. The fourth-order valence-electron chi connectivity index (χ4n) is 2.38. The van der Waals surface area contributed by atoms with Crippen molar-refractivity contribution in [2.75, 3.05) is 13.1 Å². The van der Waals surface area contributed by atoms with Crippen molar-refractivity contribution in [3.8, 4) is 0 Å². The molecule has 0 unspecified atom stereocenters. The smallest absolute Gasteiger partial charge is 0.0357 e. The molecule has 2 aromatic rings. The topological polar surface area (TPSA) is 16.1 Å². The number of hydrogen-bond acceptors (Lipinski definition) is 2. The molecule has 0 aliphatic carbocycles. The summed E-state index contributed by atoms with van der Waals surface area (Å²) in [7, 11) is 0. The van der Waals surface area contributed by atoms with Crippen LogP contribution in [0.3, 0.4) is 0 Å². The van der Waals surface area contributed by atoms with E-state index in [1.165, 1.54) is 16.7 Å². The van der Waals surface area contributed by atoms with Gasteiger partial charge in [0.05, 0.1) is 0 Å². The number of aromatic nitrogens is 1. The van der Waals surface area contributed by atoms with Gasteiger partial charge in [-0.1, -0.05) is 48.6 Å². The highest BCUT2D eigenvalue weighted by molar-refractivity contribution is 5.74.